The molecule has 0 N–H and O–H groups in total. The van der Waals surface area contributed by atoms with Crippen molar-refractivity contribution >= 4 is 58.1 Å². The normalized spacial score (nSPS) is 25.2. The van der Waals surface area contributed by atoms with Crippen LogP contribution in [0.25, 0.3) is 0 Å². The van der Waals surface area contributed by atoms with E-state index in [0.29, 0.717) is 12.1 Å². The maximum atomic E-state index is 11.1. The molecule has 1 aliphatic carbocycles. The molecule has 3 nitrogen and oxygen atoms in total. The molecule has 1 aliphatic rings. The smallest absolute Gasteiger partial charge is 0.313 e. The van der Waals surface area contributed by atoms with Crippen molar-refractivity contribution in [2.75, 3.05) is 0 Å². The minimum Gasteiger partial charge on any atom is -0.313 e. The Morgan fingerprint density at radius 2 is 2.00 bits per heavy atom. The lowest BCUT2D eigenvalue weighted by Gasteiger charge is -2.09. The van der Waals surface area contributed by atoms with Gasteiger partial charge >= 0.3 is 5.97 Å². The van der Waals surface area contributed by atoms with Gasteiger partial charge in [0, 0.05) is 0 Å². The lowest BCUT2D eigenvalue weighted by atomic mass is 10.2. The Hall–Kier alpha value is 0.300. The van der Waals surface area contributed by atoms with Crippen molar-refractivity contribution in [2.24, 2.45) is 5.16 Å². The van der Waals surface area contributed by atoms with Crippen molar-refractivity contribution < 1.29 is 9.63 Å². The lowest BCUT2D eigenvalue weighted by Crippen LogP contribution is -2.22. The van der Waals surface area contributed by atoms with Crippen LogP contribution in [0.4, 0.5) is 0 Å². The summed E-state index contributed by atoms with van der Waals surface area (Å²) in [5.74, 6) is -1.02. The summed E-state index contributed by atoms with van der Waals surface area (Å²) in [5, 5.41) is 3.47. The van der Waals surface area contributed by atoms with Gasteiger partial charge in [-0.2, -0.15) is 0 Å². The highest BCUT2D eigenvalue weighted by atomic mass is 35.6. The Kier molecular flexibility index (Phi) is 5.65. The fourth-order valence-corrected chi connectivity index (χ4v) is 1.79. The molecule has 0 heterocycles. The van der Waals surface area contributed by atoms with Crippen LogP contribution in [-0.4, -0.2) is 20.9 Å². The largest absolute Gasteiger partial charge is 0.386 e. The number of nitrogens with zero attached hydrogens (tertiary/aromatic N) is 1. The van der Waals surface area contributed by atoms with Gasteiger partial charge in [-0.3, -0.25) is 0 Å². The number of oxime groups is 1. The zero-order chi connectivity index (χ0) is 12.2. The van der Waals surface area contributed by atoms with E-state index in [1.54, 1.807) is 0 Å². The summed E-state index contributed by atoms with van der Waals surface area (Å²) in [6.45, 7) is 0. The number of rotatable bonds is 1. The van der Waals surface area contributed by atoms with Gasteiger partial charge in [0.1, 0.15) is 0 Å². The van der Waals surface area contributed by atoms with Gasteiger partial charge in [0.05, 0.1) is 11.1 Å². The minimum atomic E-state index is -2.10. The summed E-state index contributed by atoms with van der Waals surface area (Å²) >= 11 is 22.0. The summed E-state index contributed by atoms with van der Waals surface area (Å²) in [6, 6.07) is 0. The van der Waals surface area contributed by atoms with E-state index in [4.69, 9.17) is 46.4 Å². The third kappa shape index (κ3) is 4.66. The second kappa shape index (κ2) is 6.29. The molecule has 0 bridgehead atoms. The fourth-order valence-electron chi connectivity index (χ4n) is 1.38. The number of carbonyl (C=O) groups is 1. The van der Waals surface area contributed by atoms with Crippen LogP contribution in [-0.2, 0) is 9.63 Å². The summed E-state index contributed by atoms with van der Waals surface area (Å²) in [7, 11) is 0. The highest BCUT2D eigenvalue weighted by Crippen LogP contribution is 2.28. The van der Waals surface area contributed by atoms with Crippen molar-refractivity contribution in [2.45, 2.75) is 41.3 Å². The first-order valence-electron chi connectivity index (χ1n) is 4.90. The first kappa shape index (κ1) is 14.4. The van der Waals surface area contributed by atoms with E-state index in [9.17, 15) is 4.79 Å². The monoisotopic (exact) mass is 305 g/mol. The van der Waals surface area contributed by atoms with E-state index < -0.39 is 9.76 Å². The molecule has 0 spiro atoms. The van der Waals surface area contributed by atoms with Crippen LogP contribution in [0.2, 0.25) is 0 Å². The van der Waals surface area contributed by atoms with Gasteiger partial charge in [-0.1, -0.05) is 52.8 Å². The molecule has 0 aromatic rings. The number of halogens is 4. The second-order valence-electron chi connectivity index (χ2n) is 3.53. The van der Waals surface area contributed by atoms with Crippen LogP contribution in [0, 0.1) is 0 Å². The van der Waals surface area contributed by atoms with Gasteiger partial charge in [0.15, 0.2) is 0 Å². The van der Waals surface area contributed by atoms with E-state index in [2.05, 4.69) is 9.99 Å². The van der Waals surface area contributed by atoms with Crippen molar-refractivity contribution in [1.29, 1.82) is 0 Å². The highest BCUT2D eigenvalue weighted by molar-refractivity contribution is 6.75. The van der Waals surface area contributed by atoms with E-state index in [-0.39, 0.29) is 5.38 Å². The Bertz CT molecular complexity index is 288. The predicted molar refractivity (Wildman–Crippen MR) is 66.5 cm³/mol. The molecule has 1 unspecified atom stereocenters. The molecule has 1 atom stereocenters. The molecule has 0 amide bonds. The van der Waals surface area contributed by atoms with Crippen LogP contribution >= 0.6 is 46.4 Å². The Morgan fingerprint density at radius 3 is 2.62 bits per heavy atom. The molecular formula is C9H11Cl4NO2. The minimum absolute atomic E-state index is 0.203. The highest BCUT2D eigenvalue weighted by Gasteiger charge is 2.33. The summed E-state index contributed by atoms with van der Waals surface area (Å²) in [5.41, 5.74) is 0.641. The SMILES string of the molecule is O=C(ON=C1CCCCCC1Cl)C(Cl)(Cl)Cl. The van der Waals surface area contributed by atoms with Crippen LogP contribution < -0.4 is 0 Å². The molecular weight excluding hydrogens is 296 g/mol. The third-order valence-electron chi connectivity index (χ3n) is 2.23. The van der Waals surface area contributed by atoms with E-state index >= 15 is 0 Å². The van der Waals surface area contributed by atoms with Crippen LogP contribution in [0.1, 0.15) is 32.1 Å². The van der Waals surface area contributed by atoms with Gasteiger partial charge in [-0.15, -0.1) is 11.6 Å². The maximum absolute atomic E-state index is 11.1. The molecule has 1 saturated carbocycles. The van der Waals surface area contributed by atoms with Crippen LogP contribution in [0.5, 0.6) is 0 Å². The average molecular weight is 307 g/mol. The van der Waals surface area contributed by atoms with E-state index in [0.717, 1.165) is 25.7 Å². The number of carbonyl (C=O) groups excluding carboxylic acids is 1. The predicted octanol–water partition coefficient (Wildman–Crippen LogP) is 3.83. The number of hydrogen-bond donors (Lipinski definition) is 0. The first-order chi connectivity index (χ1) is 7.41. The Morgan fingerprint density at radius 1 is 1.31 bits per heavy atom. The average Bonchev–Trinajstić information content (AvgIpc) is 2.38. The lowest BCUT2D eigenvalue weighted by molar-refractivity contribution is -0.142. The Labute approximate surface area is 114 Å². The molecule has 0 aromatic carbocycles. The first-order valence-corrected chi connectivity index (χ1v) is 6.47. The topological polar surface area (TPSA) is 38.7 Å². The zero-order valence-electron chi connectivity index (χ0n) is 8.39. The van der Waals surface area contributed by atoms with Crippen molar-refractivity contribution in [1.82, 2.24) is 0 Å². The van der Waals surface area contributed by atoms with Gasteiger partial charge in [0.25, 0.3) is 3.79 Å². The third-order valence-corrected chi connectivity index (χ3v) is 3.16. The molecule has 0 radical (unpaired) electrons. The van der Waals surface area contributed by atoms with Crippen molar-refractivity contribution in [3.8, 4) is 0 Å². The van der Waals surface area contributed by atoms with Gasteiger partial charge in [-0.25, -0.2) is 4.79 Å². The standard InChI is InChI=1S/C9H11Cl4NO2/c10-6-4-2-1-3-5-7(6)14-16-8(15)9(11,12)13/h6H,1-5H2. The molecule has 1 rings (SSSR count). The molecule has 0 aromatic heterocycles. The van der Waals surface area contributed by atoms with Crippen molar-refractivity contribution in [3.05, 3.63) is 0 Å². The van der Waals surface area contributed by atoms with Crippen molar-refractivity contribution in [3.63, 3.8) is 0 Å². The van der Waals surface area contributed by atoms with Gasteiger partial charge in [-0.05, 0) is 19.3 Å². The summed E-state index contributed by atoms with van der Waals surface area (Å²) in [6.07, 6.45) is 4.66. The second-order valence-corrected chi connectivity index (χ2v) is 6.33. The summed E-state index contributed by atoms with van der Waals surface area (Å²) < 4.78 is -2.10. The van der Waals surface area contributed by atoms with Crippen LogP contribution in [0.3, 0.4) is 0 Å². The quantitative estimate of drug-likeness (QED) is 0.320. The number of alkyl halides is 4. The van der Waals surface area contributed by atoms with Crippen LogP contribution in [0.15, 0.2) is 5.16 Å². The van der Waals surface area contributed by atoms with Gasteiger partial charge in [0.2, 0.25) is 0 Å². The molecule has 92 valence electrons. The molecule has 0 aliphatic heterocycles. The molecule has 7 heteroatoms. The fraction of sp³-hybridized carbons (Fsp3) is 0.778. The van der Waals surface area contributed by atoms with Gasteiger partial charge < -0.3 is 4.84 Å². The Balaban J connectivity index is 2.58. The van der Waals surface area contributed by atoms with E-state index in [1.165, 1.54) is 0 Å². The molecule has 0 saturated heterocycles. The molecule has 16 heavy (non-hydrogen) atoms. The van der Waals surface area contributed by atoms with E-state index in [1.807, 2.05) is 0 Å². The molecule has 1 fully saturated rings. The number of hydrogen-bond acceptors (Lipinski definition) is 3. The summed E-state index contributed by atoms with van der Waals surface area (Å²) in [4.78, 5) is 15.7. The maximum Gasteiger partial charge on any atom is 0.386 e. The zero-order valence-corrected chi connectivity index (χ0v) is 11.4.